The van der Waals surface area contributed by atoms with Crippen molar-refractivity contribution in [1.82, 2.24) is 0 Å². The molecule has 2 N–H and O–H groups in total. The maximum absolute atomic E-state index is 12.9. The molecule has 0 saturated carbocycles. The Kier molecular flexibility index (Phi) is 54.0. The minimum absolute atomic E-state index is 0.128. The van der Waals surface area contributed by atoms with Crippen molar-refractivity contribution in [3.05, 3.63) is 122 Å². The highest BCUT2D eigenvalue weighted by molar-refractivity contribution is 7.47. The Bertz CT molecular complexity index is 1740. The summed E-state index contributed by atoms with van der Waals surface area (Å²) in [6.07, 6.45) is 70.0. The third-order valence-electron chi connectivity index (χ3n) is 11.8. The first-order chi connectivity index (χ1) is 37.2. The summed E-state index contributed by atoms with van der Waals surface area (Å²) in [7, 11) is -4.77. The molecular weight excluding hydrogens is 976 g/mol. The van der Waals surface area contributed by atoms with Crippen molar-refractivity contribution >= 4 is 25.7 Å². The number of phosphoric acid groups is 1. The van der Waals surface area contributed by atoms with E-state index in [-0.39, 0.29) is 25.9 Å². The van der Waals surface area contributed by atoms with Gasteiger partial charge in [0.25, 0.3) is 0 Å². The predicted octanol–water partition coefficient (Wildman–Crippen LogP) is 17.6. The van der Waals surface area contributed by atoms with Gasteiger partial charge in [0.2, 0.25) is 0 Å². The average Bonchev–Trinajstić information content (AvgIpc) is 3.41. The molecule has 0 aromatic carbocycles. The number of hydrogen-bond donors (Lipinski definition) is 2. The Hall–Kier alpha value is -4.12. The highest BCUT2D eigenvalue weighted by Crippen LogP contribution is 2.43. The van der Waals surface area contributed by atoms with Crippen LogP contribution in [-0.4, -0.2) is 66.5 Å². The van der Waals surface area contributed by atoms with E-state index in [9.17, 15) is 28.9 Å². The van der Waals surface area contributed by atoms with Crippen LogP contribution in [0.25, 0.3) is 0 Å². The second-order valence-corrected chi connectivity index (χ2v) is 20.5. The molecule has 3 atom stereocenters. The molecule has 0 heterocycles. The van der Waals surface area contributed by atoms with E-state index in [2.05, 4.69) is 142 Å². The van der Waals surface area contributed by atoms with Crippen LogP contribution >= 0.6 is 7.82 Å². The zero-order valence-corrected chi connectivity index (χ0v) is 48.6. The molecule has 0 bridgehead atoms. The molecular formula is C64H105O11P. The number of unbranched alkanes of at least 4 members (excludes halogenated alkanes) is 16. The van der Waals surface area contributed by atoms with Gasteiger partial charge >= 0.3 is 25.7 Å². The number of allylic oxidation sites excluding steroid dienone is 20. The Morgan fingerprint density at radius 2 is 0.684 bits per heavy atom. The summed E-state index contributed by atoms with van der Waals surface area (Å²) in [5.41, 5.74) is 0. The average molecular weight is 1080 g/mol. The van der Waals surface area contributed by atoms with Gasteiger partial charge in [0.15, 0.2) is 6.10 Å². The Morgan fingerprint density at radius 1 is 0.382 bits per heavy atom. The van der Waals surface area contributed by atoms with E-state index in [0.29, 0.717) is 19.3 Å². The van der Waals surface area contributed by atoms with Crippen LogP contribution in [0.5, 0.6) is 0 Å². The fourth-order valence-corrected chi connectivity index (χ4v) is 8.21. The maximum atomic E-state index is 12.9. The van der Waals surface area contributed by atoms with E-state index < -0.39 is 57.8 Å². The van der Waals surface area contributed by atoms with Crippen molar-refractivity contribution in [1.29, 1.82) is 0 Å². The number of phosphoric ester groups is 1. The molecule has 0 aliphatic rings. The number of aliphatic hydroxyl groups is 1. The highest BCUT2D eigenvalue weighted by atomic mass is 31.2. The third kappa shape index (κ3) is 54.7. The molecule has 0 aromatic heterocycles. The number of carbonyl (C=O) groups is 3. The largest absolute Gasteiger partial charge is 0.472 e. The molecule has 3 unspecified atom stereocenters. The first-order valence-corrected chi connectivity index (χ1v) is 30.9. The zero-order chi connectivity index (χ0) is 55.5. The van der Waals surface area contributed by atoms with E-state index in [1.165, 1.54) is 19.3 Å². The van der Waals surface area contributed by atoms with E-state index in [1.807, 2.05) is 0 Å². The summed E-state index contributed by atoms with van der Waals surface area (Å²) >= 11 is 0. The van der Waals surface area contributed by atoms with Crippen LogP contribution in [0.1, 0.15) is 226 Å². The minimum Gasteiger partial charge on any atom is -0.462 e. The molecule has 0 radical (unpaired) electrons. The van der Waals surface area contributed by atoms with Gasteiger partial charge in [0.05, 0.1) is 19.8 Å². The van der Waals surface area contributed by atoms with Crippen molar-refractivity contribution in [2.45, 2.75) is 238 Å². The van der Waals surface area contributed by atoms with Crippen LogP contribution < -0.4 is 0 Å². The molecule has 0 amide bonds. The Morgan fingerprint density at radius 3 is 1.05 bits per heavy atom. The first-order valence-electron chi connectivity index (χ1n) is 29.4. The van der Waals surface area contributed by atoms with E-state index in [1.54, 1.807) is 0 Å². The van der Waals surface area contributed by atoms with Crippen LogP contribution in [0, 0.1) is 0 Å². The predicted molar refractivity (Wildman–Crippen MR) is 316 cm³/mol. The van der Waals surface area contributed by atoms with Crippen molar-refractivity contribution in [3.63, 3.8) is 0 Å². The lowest BCUT2D eigenvalue weighted by Gasteiger charge is -2.21. The van der Waals surface area contributed by atoms with Gasteiger partial charge in [-0.2, -0.15) is 0 Å². The Balaban J connectivity index is 4.81. The Labute approximate surface area is 462 Å². The molecule has 76 heavy (non-hydrogen) atoms. The molecule has 0 aliphatic carbocycles. The second kappa shape index (κ2) is 57.1. The number of carbonyl (C=O) groups excluding carboxylic acids is 3. The monoisotopic (exact) mass is 1080 g/mol. The van der Waals surface area contributed by atoms with Crippen LogP contribution in [0.15, 0.2) is 122 Å². The summed E-state index contributed by atoms with van der Waals surface area (Å²) < 4.78 is 39.5. The molecule has 432 valence electrons. The topological polar surface area (TPSA) is 155 Å². The van der Waals surface area contributed by atoms with Gasteiger partial charge in [-0.05, 0) is 128 Å². The third-order valence-corrected chi connectivity index (χ3v) is 12.8. The zero-order valence-electron chi connectivity index (χ0n) is 47.7. The summed E-state index contributed by atoms with van der Waals surface area (Å²) in [5.74, 6) is -1.54. The van der Waals surface area contributed by atoms with Gasteiger partial charge in [-0.1, -0.05) is 200 Å². The summed E-state index contributed by atoms with van der Waals surface area (Å²) in [5, 5.41) is 9.83. The molecule has 0 aliphatic heterocycles. The fraction of sp³-hybridized carbons (Fsp3) is 0.641. The van der Waals surface area contributed by atoms with E-state index in [0.717, 1.165) is 148 Å². The van der Waals surface area contributed by atoms with Gasteiger partial charge in [0.1, 0.15) is 12.7 Å². The van der Waals surface area contributed by atoms with Gasteiger partial charge in [-0.25, -0.2) is 4.57 Å². The van der Waals surface area contributed by atoms with E-state index in [4.69, 9.17) is 23.3 Å². The lowest BCUT2D eigenvalue weighted by Crippen LogP contribution is -2.30. The molecule has 0 rings (SSSR count). The standard InChI is InChI=1S/C64H105O11P/c1-4-7-10-13-16-19-22-25-28-30-33-36-39-42-45-48-51-54-63(67)74-60(56-65)58-72-76(69,70)73-59-61(57-71-62(66)53-50-47-44-41-38-35-32-27-24-21-18-15-12-9-6-3)75-64(68)55-52-49-46-43-40-37-34-31-29-26-23-20-17-14-11-8-5-2/h7-8,10-11,16-21,25-29,32-34,36-37,60-61,65H,4-6,9,12-15,22-24,30-31,35,38-59H2,1-3H3,(H,69,70)/b10-7-,11-8-,19-16-,20-17-,21-18-,28-25-,29-26-,32-27-,36-33-,37-34-. The number of aliphatic hydroxyl groups excluding tert-OH is 1. The molecule has 0 spiro atoms. The smallest absolute Gasteiger partial charge is 0.462 e. The quantitative estimate of drug-likeness (QED) is 0.0197. The van der Waals surface area contributed by atoms with Gasteiger partial charge in [0, 0.05) is 19.3 Å². The highest BCUT2D eigenvalue weighted by Gasteiger charge is 2.28. The van der Waals surface area contributed by atoms with Crippen molar-refractivity contribution in [2.75, 3.05) is 26.4 Å². The number of ether oxygens (including phenoxy) is 3. The van der Waals surface area contributed by atoms with Gasteiger partial charge in [-0.15, -0.1) is 0 Å². The minimum atomic E-state index is -4.77. The van der Waals surface area contributed by atoms with Crippen LogP contribution in [0.3, 0.4) is 0 Å². The summed E-state index contributed by atoms with van der Waals surface area (Å²) in [4.78, 5) is 48.6. The maximum Gasteiger partial charge on any atom is 0.472 e. The lowest BCUT2D eigenvalue weighted by molar-refractivity contribution is -0.161. The lowest BCUT2D eigenvalue weighted by atomic mass is 10.1. The molecule has 12 heteroatoms. The van der Waals surface area contributed by atoms with Crippen molar-refractivity contribution in [2.24, 2.45) is 0 Å². The normalized spacial score (nSPS) is 14.2. The summed E-state index contributed by atoms with van der Waals surface area (Å²) in [6.45, 7) is 4.31. The van der Waals surface area contributed by atoms with E-state index >= 15 is 0 Å². The second-order valence-electron chi connectivity index (χ2n) is 19.0. The van der Waals surface area contributed by atoms with Crippen molar-refractivity contribution in [3.8, 4) is 0 Å². The fourth-order valence-electron chi connectivity index (χ4n) is 7.43. The molecule has 0 fully saturated rings. The first kappa shape index (κ1) is 71.9. The van der Waals surface area contributed by atoms with Crippen LogP contribution in [-0.2, 0) is 42.2 Å². The number of rotatable bonds is 53. The number of esters is 3. The summed E-state index contributed by atoms with van der Waals surface area (Å²) in [6, 6.07) is 0. The van der Waals surface area contributed by atoms with Gasteiger partial charge < -0.3 is 24.2 Å². The van der Waals surface area contributed by atoms with Crippen molar-refractivity contribution < 1.29 is 52.2 Å². The molecule has 0 saturated heterocycles. The molecule has 11 nitrogen and oxygen atoms in total. The van der Waals surface area contributed by atoms with Crippen LogP contribution in [0.4, 0.5) is 0 Å². The number of hydrogen-bond acceptors (Lipinski definition) is 10. The SMILES string of the molecule is CC/C=C\C/C=C\C/C=C\C/C=C\CCCCCCC(=O)OC(CO)COP(=O)(O)OCC(COC(=O)CCCCCCC/C=C\C/C=C\CCCCC)OC(=O)CCCCCC/C=C\C/C=C\C/C=C\C/C=C\CC. The van der Waals surface area contributed by atoms with Gasteiger partial charge in [-0.3, -0.25) is 23.4 Å². The van der Waals surface area contributed by atoms with Crippen LogP contribution in [0.2, 0.25) is 0 Å². The molecule has 0 aromatic rings.